The van der Waals surface area contributed by atoms with Gasteiger partial charge in [0.05, 0.1) is 6.20 Å². The summed E-state index contributed by atoms with van der Waals surface area (Å²) in [4.78, 5) is 42.8. The van der Waals surface area contributed by atoms with Gasteiger partial charge in [-0.1, -0.05) is 13.8 Å². The number of carbonyl (C=O) groups excluding carboxylic acids is 2. The number of aromatic nitrogens is 3. The fourth-order valence-electron chi connectivity index (χ4n) is 5.24. The highest BCUT2D eigenvalue weighted by molar-refractivity contribution is 5.97. The van der Waals surface area contributed by atoms with Crippen LogP contribution in [0, 0.1) is 11.8 Å². The topological polar surface area (TPSA) is 112 Å². The molecule has 3 heterocycles. The summed E-state index contributed by atoms with van der Waals surface area (Å²) in [6, 6.07) is 0.0162. The standard InChI is InChI=1S/C26H34F2N6O4/c1-16(2)14-33-23-18(13-29-34(23)25(38)21(24(33)37)22(36)30-19-4-5-19)3-6-20(35)32-9-7-31(8-10-32)15-17-11-26(27,28)12-17/h3,6,13,16-17,19,38H,4-5,7-12,14-15H2,1-2H3,(H,30,36)/b6-3+. The first-order valence-electron chi connectivity index (χ1n) is 13.2. The van der Waals surface area contributed by atoms with Crippen molar-refractivity contribution < 1.29 is 23.5 Å². The minimum Gasteiger partial charge on any atom is -0.492 e. The van der Waals surface area contributed by atoms with E-state index in [1.807, 2.05) is 13.8 Å². The van der Waals surface area contributed by atoms with Gasteiger partial charge in [0.1, 0.15) is 5.65 Å². The Morgan fingerprint density at radius 3 is 2.50 bits per heavy atom. The van der Waals surface area contributed by atoms with E-state index in [0.717, 1.165) is 12.8 Å². The molecule has 5 rings (SSSR count). The molecular weight excluding hydrogens is 498 g/mol. The molecule has 10 nitrogen and oxygen atoms in total. The molecule has 2 aromatic rings. The summed E-state index contributed by atoms with van der Waals surface area (Å²) in [5.74, 6) is -3.80. The molecule has 2 saturated carbocycles. The molecule has 1 aliphatic heterocycles. The van der Waals surface area contributed by atoms with Crippen LogP contribution < -0.4 is 10.9 Å². The summed E-state index contributed by atoms with van der Waals surface area (Å²) < 4.78 is 28.8. The van der Waals surface area contributed by atoms with Crippen LogP contribution >= 0.6 is 0 Å². The van der Waals surface area contributed by atoms with Gasteiger partial charge in [-0.2, -0.15) is 9.61 Å². The van der Waals surface area contributed by atoms with Crippen LogP contribution in [0.3, 0.4) is 0 Å². The Hall–Kier alpha value is -3.28. The second-order valence-electron chi connectivity index (χ2n) is 11.2. The lowest BCUT2D eigenvalue weighted by Gasteiger charge is -2.41. The van der Waals surface area contributed by atoms with Gasteiger partial charge in [0.15, 0.2) is 5.56 Å². The molecular formula is C26H34F2N6O4. The van der Waals surface area contributed by atoms with Gasteiger partial charge in [0, 0.05) is 69.8 Å². The minimum absolute atomic E-state index is 0.0162. The highest BCUT2D eigenvalue weighted by Gasteiger charge is 2.45. The first-order valence-corrected chi connectivity index (χ1v) is 13.2. The smallest absolute Gasteiger partial charge is 0.270 e. The first kappa shape index (κ1) is 26.3. The number of nitrogens with zero attached hydrogens (tertiary/aromatic N) is 5. The lowest BCUT2D eigenvalue weighted by atomic mass is 9.81. The van der Waals surface area contributed by atoms with E-state index in [4.69, 9.17) is 0 Å². The van der Waals surface area contributed by atoms with Gasteiger partial charge < -0.3 is 15.3 Å². The Kier molecular flexibility index (Phi) is 7.01. The van der Waals surface area contributed by atoms with E-state index in [0.29, 0.717) is 50.5 Å². The summed E-state index contributed by atoms with van der Waals surface area (Å²) in [6.45, 7) is 7.06. The van der Waals surface area contributed by atoms with Crippen LogP contribution in [0.5, 0.6) is 5.88 Å². The molecule has 38 heavy (non-hydrogen) atoms. The number of amides is 2. The molecule has 0 atom stereocenters. The predicted molar refractivity (Wildman–Crippen MR) is 136 cm³/mol. The number of carbonyl (C=O) groups is 2. The predicted octanol–water partition coefficient (Wildman–Crippen LogP) is 1.95. The second-order valence-corrected chi connectivity index (χ2v) is 11.2. The number of nitrogens with one attached hydrogen (secondary N) is 1. The Bertz CT molecular complexity index is 1310. The van der Waals surface area contributed by atoms with E-state index in [9.17, 15) is 28.3 Å². The molecule has 0 unspecified atom stereocenters. The van der Waals surface area contributed by atoms with Crippen LogP contribution in [0.2, 0.25) is 0 Å². The molecule has 3 fully saturated rings. The van der Waals surface area contributed by atoms with Gasteiger partial charge >= 0.3 is 0 Å². The first-order chi connectivity index (χ1) is 18.0. The Balaban J connectivity index is 1.32. The molecule has 12 heteroatoms. The number of rotatable bonds is 8. The summed E-state index contributed by atoms with van der Waals surface area (Å²) in [5.41, 5.74) is -0.188. The molecule has 206 valence electrons. The zero-order chi connectivity index (χ0) is 27.2. The van der Waals surface area contributed by atoms with Crippen molar-refractivity contribution >= 4 is 23.5 Å². The monoisotopic (exact) mass is 532 g/mol. The maximum absolute atomic E-state index is 13.3. The molecule has 2 N–H and O–H groups in total. The number of hydrogen-bond donors (Lipinski definition) is 2. The Morgan fingerprint density at radius 1 is 1.21 bits per heavy atom. The molecule has 0 spiro atoms. The number of aromatic hydroxyl groups is 1. The lowest BCUT2D eigenvalue weighted by molar-refractivity contribution is -0.129. The van der Waals surface area contributed by atoms with Crippen molar-refractivity contribution in [3.8, 4) is 5.88 Å². The Labute approximate surface area is 218 Å². The highest BCUT2D eigenvalue weighted by Crippen LogP contribution is 2.42. The average Bonchev–Trinajstić information content (AvgIpc) is 3.54. The van der Waals surface area contributed by atoms with E-state index >= 15 is 0 Å². The van der Waals surface area contributed by atoms with Gasteiger partial charge in [0.2, 0.25) is 17.7 Å². The Morgan fingerprint density at radius 2 is 1.89 bits per heavy atom. The molecule has 1 saturated heterocycles. The van der Waals surface area contributed by atoms with Crippen LogP contribution in [0.15, 0.2) is 17.1 Å². The van der Waals surface area contributed by atoms with Crippen molar-refractivity contribution in [2.75, 3.05) is 32.7 Å². The van der Waals surface area contributed by atoms with Crippen molar-refractivity contribution in [2.45, 2.75) is 58.0 Å². The number of alkyl halides is 2. The van der Waals surface area contributed by atoms with Crippen LogP contribution in [0.4, 0.5) is 8.78 Å². The minimum atomic E-state index is -2.52. The van der Waals surface area contributed by atoms with Crippen molar-refractivity contribution in [3.05, 3.63) is 33.8 Å². The number of halogens is 2. The zero-order valence-corrected chi connectivity index (χ0v) is 21.7. The normalized spacial score (nSPS) is 20.4. The maximum atomic E-state index is 13.3. The molecule has 2 aliphatic carbocycles. The number of fused-ring (bicyclic) bond motifs is 1. The van der Waals surface area contributed by atoms with Crippen LogP contribution in [-0.2, 0) is 11.3 Å². The largest absolute Gasteiger partial charge is 0.492 e. The van der Waals surface area contributed by atoms with Gasteiger partial charge in [-0.05, 0) is 30.8 Å². The maximum Gasteiger partial charge on any atom is 0.270 e. The third kappa shape index (κ3) is 5.45. The second kappa shape index (κ2) is 10.1. The van der Waals surface area contributed by atoms with Gasteiger partial charge in [-0.25, -0.2) is 8.78 Å². The highest BCUT2D eigenvalue weighted by atomic mass is 19.3. The number of hydrogen-bond acceptors (Lipinski definition) is 6. The summed E-state index contributed by atoms with van der Waals surface area (Å²) in [7, 11) is 0. The third-order valence-electron chi connectivity index (χ3n) is 7.38. The third-order valence-corrected chi connectivity index (χ3v) is 7.38. The SMILES string of the molecule is CC(C)Cn1c(=O)c(C(=O)NC2CC2)c(O)n2ncc(/C=C/C(=O)N3CCN(CC4CC(F)(F)C4)CC3)c12. The van der Waals surface area contributed by atoms with Crippen LogP contribution in [0.25, 0.3) is 11.7 Å². The summed E-state index contributed by atoms with van der Waals surface area (Å²) in [6.07, 6.45) is 5.99. The van der Waals surface area contributed by atoms with Gasteiger partial charge in [-0.15, -0.1) is 0 Å². The molecule has 0 radical (unpaired) electrons. The van der Waals surface area contributed by atoms with E-state index in [2.05, 4.69) is 15.3 Å². The fourth-order valence-corrected chi connectivity index (χ4v) is 5.24. The van der Waals surface area contributed by atoms with E-state index in [-0.39, 0.29) is 42.2 Å². The molecule has 0 aromatic carbocycles. The molecule has 3 aliphatic rings. The molecule has 2 aromatic heterocycles. The number of piperazine rings is 1. The van der Waals surface area contributed by atoms with E-state index < -0.39 is 23.3 Å². The lowest BCUT2D eigenvalue weighted by Crippen LogP contribution is -2.51. The van der Waals surface area contributed by atoms with Crippen molar-refractivity contribution in [1.29, 1.82) is 0 Å². The quantitative estimate of drug-likeness (QED) is 0.503. The average molecular weight is 533 g/mol. The molecule has 0 bridgehead atoms. The van der Waals surface area contributed by atoms with Crippen LogP contribution in [0.1, 0.15) is 55.5 Å². The van der Waals surface area contributed by atoms with E-state index in [1.165, 1.54) is 21.4 Å². The summed E-state index contributed by atoms with van der Waals surface area (Å²) in [5, 5.41) is 17.8. The summed E-state index contributed by atoms with van der Waals surface area (Å²) >= 11 is 0. The van der Waals surface area contributed by atoms with Crippen molar-refractivity contribution in [2.24, 2.45) is 11.8 Å². The van der Waals surface area contributed by atoms with E-state index in [1.54, 1.807) is 11.0 Å². The molecule has 2 amide bonds. The van der Waals surface area contributed by atoms with Gasteiger partial charge in [0.25, 0.3) is 11.5 Å². The van der Waals surface area contributed by atoms with Crippen LogP contribution in [-0.4, -0.2) is 85.6 Å². The van der Waals surface area contributed by atoms with Crippen molar-refractivity contribution in [3.63, 3.8) is 0 Å². The van der Waals surface area contributed by atoms with Gasteiger partial charge in [-0.3, -0.25) is 23.9 Å². The van der Waals surface area contributed by atoms with Crippen molar-refractivity contribution in [1.82, 2.24) is 29.3 Å². The zero-order valence-electron chi connectivity index (χ0n) is 21.7. The fraction of sp³-hybridized carbons (Fsp3) is 0.615.